The predicted molar refractivity (Wildman–Crippen MR) is 68.0 cm³/mol. The Morgan fingerprint density at radius 1 is 1.29 bits per heavy atom. The highest BCUT2D eigenvalue weighted by Crippen LogP contribution is 2.20. The molecule has 6 heteroatoms. The number of aryl methyl sites for hydroxylation is 1. The molecule has 0 atom stereocenters. The minimum absolute atomic E-state index is 0.601. The van der Waals surface area contributed by atoms with Crippen molar-refractivity contribution >= 4 is 5.82 Å². The van der Waals surface area contributed by atoms with Crippen LogP contribution in [-0.4, -0.2) is 42.1 Å². The Bertz CT molecular complexity index is 367. The van der Waals surface area contributed by atoms with Crippen molar-refractivity contribution < 1.29 is 4.74 Å². The number of nitrogens with one attached hydrogen (secondary N) is 1. The first-order valence-corrected chi connectivity index (χ1v) is 5.64. The average molecular weight is 239 g/mol. The van der Waals surface area contributed by atoms with E-state index < -0.39 is 0 Å². The molecular weight excluding hydrogens is 218 g/mol. The summed E-state index contributed by atoms with van der Waals surface area (Å²) in [5.41, 5.74) is 3.38. The third-order valence-electron chi connectivity index (χ3n) is 2.34. The molecule has 0 aliphatic heterocycles. The van der Waals surface area contributed by atoms with E-state index in [9.17, 15) is 0 Å². The number of ether oxygens (including phenoxy) is 1. The summed E-state index contributed by atoms with van der Waals surface area (Å²) in [5.74, 6) is 7.24. The van der Waals surface area contributed by atoms with Crippen molar-refractivity contribution in [2.45, 2.75) is 20.3 Å². The van der Waals surface area contributed by atoms with Gasteiger partial charge < -0.3 is 15.1 Å². The lowest BCUT2D eigenvalue weighted by molar-refractivity contribution is 0.271. The Labute approximate surface area is 102 Å². The summed E-state index contributed by atoms with van der Waals surface area (Å²) < 4.78 is 5.64. The molecule has 1 aromatic rings. The molecule has 0 unspecified atom stereocenters. The highest BCUT2D eigenvalue weighted by molar-refractivity contribution is 5.47. The third-order valence-corrected chi connectivity index (χ3v) is 2.34. The zero-order valence-corrected chi connectivity index (χ0v) is 10.9. The SMILES string of the molecule is Cc1nc(NN)c(C)c(OCCCN(C)C)n1. The molecule has 1 rings (SSSR count). The minimum atomic E-state index is 0.601. The molecule has 17 heavy (non-hydrogen) atoms. The van der Waals surface area contributed by atoms with Crippen LogP contribution in [0.2, 0.25) is 0 Å². The van der Waals surface area contributed by atoms with Gasteiger partial charge in [-0.05, 0) is 34.4 Å². The quantitative estimate of drug-likeness (QED) is 0.432. The van der Waals surface area contributed by atoms with Crippen molar-refractivity contribution in [3.63, 3.8) is 0 Å². The van der Waals surface area contributed by atoms with Gasteiger partial charge in [-0.3, -0.25) is 0 Å². The van der Waals surface area contributed by atoms with E-state index in [0.717, 1.165) is 18.5 Å². The highest BCUT2D eigenvalue weighted by atomic mass is 16.5. The van der Waals surface area contributed by atoms with Gasteiger partial charge >= 0.3 is 0 Å². The van der Waals surface area contributed by atoms with Gasteiger partial charge in [0.05, 0.1) is 12.2 Å². The van der Waals surface area contributed by atoms with E-state index in [4.69, 9.17) is 10.6 Å². The summed E-state index contributed by atoms with van der Waals surface area (Å²) >= 11 is 0. The normalized spacial score (nSPS) is 10.7. The lowest BCUT2D eigenvalue weighted by atomic mass is 10.3. The second-order valence-corrected chi connectivity index (χ2v) is 4.20. The first-order valence-electron chi connectivity index (χ1n) is 5.64. The summed E-state index contributed by atoms with van der Waals surface area (Å²) in [7, 11) is 4.08. The molecule has 0 aliphatic carbocycles. The van der Waals surface area contributed by atoms with E-state index >= 15 is 0 Å². The molecule has 0 aliphatic rings. The fourth-order valence-corrected chi connectivity index (χ4v) is 1.43. The first-order chi connectivity index (χ1) is 8.04. The van der Waals surface area contributed by atoms with Crippen LogP contribution in [0.1, 0.15) is 17.8 Å². The van der Waals surface area contributed by atoms with E-state index in [1.54, 1.807) is 0 Å². The van der Waals surface area contributed by atoms with Crippen LogP contribution < -0.4 is 16.0 Å². The molecule has 0 radical (unpaired) electrons. The lowest BCUT2D eigenvalue weighted by Crippen LogP contribution is -2.17. The van der Waals surface area contributed by atoms with E-state index in [1.165, 1.54) is 0 Å². The zero-order chi connectivity index (χ0) is 12.8. The van der Waals surface area contributed by atoms with Crippen LogP contribution in [0.3, 0.4) is 0 Å². The standard InChI is InChI=1S/C11H21N5O/c1-8-10(15-12)13-9(2)14-11(8)17-7-5-6-16(3)4/h5-7,12H2,1-4H3,(H,13,14,15). The Balaban J connectivity index is 2.61. The van der Waals surface area contributed by atoms with Crippen molar-refractivity contribution in [1.82, 2.24) is 14.9 Å². The van der Waals surface area contributed by atoms with Crippen molar-refractivity contribution in [2.24, 2.45) is 5.84 Å². The van der Waals surface area contributed by atoms with Gasteiger partial charge in [-0.15, -0.1) is 0 Å². The van der Waals surface area contributed by atoms with Gasteiger partial charge in [0.25, 0.3) is 0 Å². The molecule has 1 heterocycles. The first kappa shape index (κ1) is 13.7. The van der Waals surface area contributed by atoms with Gasteiger partial charge in [0, 0.05) is 6.54 Å². The molecule has 0 saturated carbocycles. The largest absolute Gasteiger partial charge is 0.477 e. The summed E-state index contributed by atoms with van der Waals surface area (Å²) in [6, 6.07) is 0. The fourth-order valence-electron chi connectivity index (χ4n) is 1.43. The van der Waals surface area contributed by atoms with Crippen molar-refractivity contribution in [1.29, 1.82) is 0 Å². The maximum atomic E-state index is 5.64. The summed E-state index contributed by atoms with van der Waals surface area (Å²) in [5, 5.41) is 0. The molecular formula is C11H21N5O. The van der Waals surface area contributed by atoms with Crippen LogP contribution in [0.4, 0.5) is 5.82 Å². The van der Waals surface area contributed by atoms with Crippen LogP contribution in [0.15, 0.2) is 0 Å². The number of nitrogen functional groups attached to an aromatic ring is 1. The van der Waals surface area contributed by atoms with Crippen molar-refractivity contribution in [3.8, 4) is 5.88 Å². The fraction of sp³-hybridized carbons (Fsp3) is 0.636. The number of hydrogen-bond donors (Lipinski definition) is 2. The van der Waals surface area contributed by atoms with Crippen molar-refractivity contribution in [3.05, 3.63) is 11.4 Å². The van der Waals surface area contributed by atoms with E-state index in [0.29, 0.717) is 24.1 Å². The molecule has 0 amide bonds. The summed E-state index contributed by atoms with van der Waals surface area (Å²) in [4.78, 5) is 10.5. The molecule has 3 N–H and O–H groups in total. The van der Waals surface area contributed by atoms with Gasteiger partial charge in [-0.25, -0.2) is 10.8 Å². The molecule has 0 fully saturated rings. The highest BCUT2D eigenvalue weighted by Gasteiger charge is 2.09. The summed E-state index contributed by atoms with van der Waals surface area (Å²) in [6.07, 6.45) is 0.959. The van der Waals surface area contributed by atoms with Crippen LogP contribution in [-0.2, 0) is 0 Å². The monoisotopic (exact) mass is 239 g/mol. The number of rotatable bonds is 6. The van der Waals surface area contributed by atoms with Gasteiger partial charge in [0.1, 0.15) is 11.6 Å². The van der Waals surface area contributed by atoms with E-state index in [2.05, 4.69) is 20.3 Å². The number of hydrazine groups is 1. The lowest BCUT2D eigenvalue weighted by Gasteiger charge is -2.13. The van der Waals surface area contributed by atoms with Crippen LogP contribution >= 0.6 is 0 Å². The van der Waals surface area contributed by atoms with Gasteiger partial charge in [-0.1, -0.05) is 0 Å². The van der Waals surface area contributed by atoms with Crippen LogP contribution in [0.25, 0.3) is 0 Å². The number of aromatic nitrogens is 2. The van der Waals surface area contributed by atoms with Crippen LogP contribution in [0, 0.1) is 13.8 Å². The Kier molecular flexibility index (Phi) is 5.11. The molecule has 96 valence electrons. The average Bonchev–Trinajstić information content (AvgIpc) is 2.28. The topological polar surface area (TPSA) is 76.3 Å². The third kappa shape index (κ3) is 4.16. The molecule has 0 saturated heterocycles. The number of nitrogens with two attached hydrogens (primary N) is 1. The Morgan fingerprint density at radius 3 is 2.59 bits per heavy atom. The number of anilines is 1. The smallest absolute Gasteiger partial charge is 0.221 e. The maximum absolute atomic E-state index is 5.64. The molecule has 6 nitrogen and oxygen atoms in total. The Morgan fingerprint density at radius 2 is 2.00 bits per heavy atom. The van der Waals surface area contributed by atoms with E-state index in [1.807, 2.05) is 27.9 Å². The van der Waals surface area contributed by atoms with Crippen LogP contribution in [0.5, 0.6) is 5.88 Å². The molecule has 1 aromatic heterocycles. The molecule has 0 aromatic carbocycles. The molecule has 0 spiro atoms. The second-order valence-electron chi connectivity index (χ2n) is 4.20. The summed E-state index contributed by atoms with van der Waals surface area (Å²) in [6.45, 7) is 5.33. The van der Waals surface area contributed by atoms with Gasteiger partial charge in [-0.2, -0.15) is 4.98 Å². The predicted octanol–water partition coefficient (Wildman–Crippen LogP) is 0.710. The zero-order valence-electron chi connectivity index (χ0n) is 10.9. The number of hydrogen-bond acceptors (Lipinski definition) is 6. The molecule has 0 bridgehead atoms. The van der Waals surface area contributed by atoms with Gasteiger partial charge in [0.15, 0.2) is 0 Å². The van der Waals surface area contributed by atoms with Crippen molar-refractivity contribution in [2.75, 3.05) is 32.7 Å². The maximum Gasteiger partial charge on any atom is 0.221 e. The van der Waals surface area contributed by atoms with Gasteiger partial charge in [0.2, 0.25) is 5.88 Å². The number of nitrogens with zero attached hydrogens (tertiary/aromatic N) is 3. The minimum Gasteiger partial charge on any atom is -0.477 e. The second kappa shape index (κ2) is 6.36. The van der Waals surface area contributed by atoms with E-state index in [-0.39, 0.29) is 0 Å². The Hall–Kier alpha value is -1.40.